The van der Waals surface area contributed by atoms with E-state index >= 15 is 0 Å². The number of carbonyl (C=O) groups excluding carboxylic acids is 2. The summed E-state index contributed by atoms with van der Waals surface area (Å²) in [6, 6.07) is 16.8. The highest BCUT2D eigenvalue weighted by Gasteiger charge is 2.30. The SMILES string of the molecule is COc1ccc(COc2cccc(COc3cc(C(=O)Nc4cc([C@H]5CC[C@@H](OC(=O)NC(C)C)C5)[nH]n4)n(C)n3)c2C2OCCO2)cc1. The van der Waals surface area contributed by atoms with Gasteiger partial charge in [-0.3, -0.25) is 14.6 Å². The van der Waals surface area contributed by atoms with E-state index in [2.05, 4.69) is 25.9 Å². The second-order valence-corrected chi connectivity index (χ2v) is 12.3. The summed E-state index contributed by atoms with van der Waals surface area (Å²) in [6.07, 6.45) is 1.12. The van der Waals surface area contributed by atoms with Gasteiger partial charge in [0, 0.05) is 42.4 Å². The molecule has 0 bridgehead atoms. The van der Waals surface area contributed by atoms with Crippen LogP contribution in [0.25, 0.3) is 0 Å². The molecule has 6 rings (SSSR count). The molecule has 1 saturated carbocycles. The molecule has 3 heterocycles. The van der Waals surface area contributed by atoms with Crippen molar-refractivity contribution in [3.63, 3.8) is 0 Å². The number of alkyl carbamates (subject to hydrolysis) is 1. The quantitative estimate of drug-likeness (QED) is 0.168. The summed E-state index contributed by atoms with van der Waals surface area (Å²) >= 11 is 0. The van der Waals surface area contributed by atoms with Gasteiger partial charge >= 0.3 is 6.09 Å². The third-order valence-corrected chi connectivity index (χ3v) is 8.38. The number of hydrogen-bond acceptors (Lipinski definition) is 10. The third kappa shape index (κ3) is 8.51. The summed E-state index contributed by atoms with van der Waals surface area (Å²) in [6.45, 7) is 5.21. The number of H-pyrrole nitrogens is 1. The van der Waals surface area contributed by atoms with Crippen LogP contribution in [0.3, 0.4) is 0 Å². The summed E-state index contributed by atoms with van der Waals surface area (Å²) in [5.41, 5.74) is 3.71. The lowest BCUT2D eigenvalue weighted by molar-refractivity contribution is -0.0470. The number of aromatic amines is 1. The summed E-state index contributed by atoms with van der Waals surface area (Å²) < 4.78 is 36.3. The van der Waals surface area contributed by atoms with Crippen LogP contribution in [0.15, 0.2) is 54.6 Å². The van der Waals surface area contributed by atoms with Gasteiger partial charge in [-0.15, -0.1) is 5.10 Å². The van der Waals surface area contributed by atoms with E-state index < -0.39 is 12.4 Å². The van der Waals surface area contributed by atoms with Crippen LogP contribution in [0.5, 0.6) is 17.4 Å². The first-order chi connectivity index (χ1) is 23.7. The van der Waals surface area contributed by atoms with Gasteiger partial charge in [0.2, 0.25) is 5.88 Å². The lowest BCUT2D eigenvalue weighted by Gasteiger charge is -2.19. The van der Waals surface area contributed by atoms with Crippen LogP contribution < -0.4 is 24.8 Å². The number of methoxy groups -OCH3 is 1. The maximum atomic E-state index is 13.2. The lowest BCUT2D eigenvalue weighted by atomic mass is 10.0. The predicted molar refractivity (Wildman–Crippen MR) is 178 cm³/mol. The Kier molecular flexibility index (Phi) is 10.6. The molecule has 4 aromatic rings. The number of nitrogens with zero attached hydrogens (tertiary/aromatic N) is 3. The average Bonchev–Trinajstić information content (AvgIpc) is 3.91. The smallest absolute Gasteiger partial charge is 0.407 e. The van der Waals surface area contributed by atoms with E-state index in [1.807, 2.05) is 62.4 Å². The molecule has 49 heavy (non-hydrogen) atoms. The van der Waals surface area contributed by atoms with Gasteiger partial charge in [-0.2, -0.15) is 5.10 Å². The van der Waals surface area contributed by atoms with Crippen LogP contribution in [0.2, 0.25) is 0 Å². The monoisotopic (exact) mass is 674 g/mol. The van der Waals surface area contributed by atoms with Gasteiger partial charge in [-0.1, -0.05) is 24.3 Å². The molecule has 14 nitrogen and oxygen atoms in total. The van der Waals surface area contributed by atoms with E-state index in [1.165, 1.54) is 4.68 Å². The minimum Gasteiger partial charge on any atom is -0.497 e. The first kappa shape index (κ1) is 33.8. The molecule has 0 spiro atoms. The lowest BCUT2D eigenvalue weighted by Crippen LogP contribution is -2.33. The zero-order valence-electron chi connectivity index (χ0n) is 28.1. The van der Waals surface area contributed by atoms with E-state index in [-0.39, 0.29) is 36.5 Å². The molecule has 260 valence electrons. The number of aromatic nitrogens is 4. The molecule has 2 aliphatic rings. The highest BCUT2D eigenvalue weighted by molar-refractivity contribution is 6.02. The van der Waals surface area contributed by atoms with Gasteiger partial charge in [-0.25, -0.2) is 4.79 Å². The second-order valence-electron chi connectivity index (χ2n) is 12.3. The number of carbonyl (C=O) groups is 2. The van der Waals surface area contributed by atoms with Crippen molar-refractivity contribution < 1.29 is 38.0 Å². The third-order valence-electron chi connectivity index (χ3n) is 8.38. The minimum atomic E-state index is -0.596. The van der Waals surface area contributed by atoms with Crippen LogP contribution in [0.1, 0.15) is 78.2 Å². The predicted octanol–water partition coefficient (Wildman–Crippen LogP) is 5.38. The van der Waals surface area contributed by atoms with Gasteiger partial charge in [0.15, 0.2) is 12.1 Å². The molecule has 2 atom stereocenters. The number of hydrogen-bond donors (Lipinski definition) is 3. The van der Waals surface area contributed by atoms with Gasteiger partial charge < -0.3 is 39.1 Å². The zero-order valence-corrected chi connectivity index (χ0v) is 28.1. The maximum absolute atomic E-state index is 13.2. The van der Waals surface area contributed by atoms with Crippen molar-refractivity contribution in [1.29, 1.82) is 0 Å². The first-order valence-electron chi connectivity index (χ1n) is 16.4. The molecule has 2 amide bonds. The summed E-state index contributed by atoms with van der Waals surface area (Å²) in [7, 11) is 3.30. The Balaban J connectivity index is 1.07. The number of anilines is 1. The largest absolute Gasteiger partial charge is 0.497 e. The Morgan fingerprint density at radius 3 is 2.59 bits per heavy atom. The van der Waals surface area contributed by atoms with Crippen LogP contribution in [0.4, 0.5) is 10.6 Å². The Bertz CT molecular complexity index is 1730. The van der Waals surface area contributed by atoms with Crippen LogP contribution in [-0.2, 0) is 34.5 Å². The number of ether oxygens (including phenoxy) is 6. The van der Waals surface area contributed by atoms with E-state index in [1.54, 1.807) is 20.2 Å². The van der Waals surface area contributed by atoms with Crippen molar-refractivity contribution in [3.05, 3.63) is 82.7 Å². The fourth-order valence-electron chi connectivity index (χ4n) is 5.93. The number of nitrogens with one attached hydrogen (secondary N) is 3. The molecule has 2 fully saturated rings. The van der Waals surface area contributed by atoms with Crippen molar-refractivity contribution >= 4 is 17.8 Å². The Morgan fingerprint density at radius 2 is 1.84 bits per heavy atom. The molecule has 1 aliphatic heterocycles. The summed E-state index contributed by atoms with van der Waals surface area (Å²) in [4.78, 5) is 25.2. The Hall–Kier alpha value is -5.08. The van der Waals surface area contributed by atoms with Crippen LogP contribution in [-0.4, -0.2) is 64.4 Å². The molecular weight excluding hydrogens is 632 g/mol. The standard InChI is InChI=1S/C35H42N6O8/c1-21(2)36-35(43)49-26-13-10-23(16-26)27-17-30(39-38-27)37-33(42)28-18-31(40-41(28)3)48-20-24-6-5-7-29(32(24)34-45-14-15-46-34)47-19-22-8-11-25(44-4)12-9-22/h5-9,11-12,17-18,21,23,26,34H,10,13-16,19-20H2,1-4H3,(H,36,43)(H2,37,38,39,42)/t23-,26+/m0/s1. The van der Waals surface area contributed by atoms with Crippen LogP contribution >= 0.6 is 0 Å². The first-order valence-corrected chi connectivity index (χ1v) is 16.4. The van der Waals surface area contributed by atoms with Gasteiger partial charge in [0.1, 0.15) is 36.5 Å². The van der Waals surface area contributed by atoms with Gasteiger partial charge in [-0.05, 0) is 56.9 Å². The second kappa shape index (κ2) is 15.4. The highest BCUT2D eigenvalue weighted by atomic mass is 16.7. The van der Waals surface area contributed by atoms with Gasteiger partial charge in [0.25, 0.3) is 5.91 Å². The maximum Gasteiger partial charge on any atom is 0.407 e. The molecule has 0 unspecified atom stereocenters. The highest BCUT2D eigenvalue weighted by Crippen LogP contribution is 2.37. The average molecular weight is 675 g/mol. The Morgan fingerprint density at radius 1 is 1.04 bits per heavy atom. The number of benzene rings is 2. The van der Waals surface area contributed by atoms with Crippen LogP contribution in [0, 0.1) is 0 Å². The normalized spacial score (nSPS) is 17.7. The van der Waals surface area contributed by atoms with Crippen molar-refractivity contribution in [2.24, 2.45) is 7.05 Å². The minimum absolute atomic E-state index is 0.0131. The van der Waals surface area contributed by atoms with Crippen molar-refractivity contribution in [3.8, 4) is 17.4 Å². The molecule has 1 saturated heterocycles. The van der Waals surface area contributed by atoms with Gasteiger partial charge in [0.05, 0.1) is 25.9 Å². The molecular formula is C35H42N6O8. The van der Waals surface area contributed by atoms with E-state index in [9.17, 15) is 9.59 Å². The van der Waals surface area contributed by atoms with E-state index in [4.69, 9.17) is 28.4 Å². The van der Waals surface area contributed by atoms with E-state index in [0.717, 1.165) is 41.0 Å². The van der Waals surface area contributed by atoms with Crippen molar-refractivity contribution in [2.45, 2.75) is 70.7 Å². The molecule has 3 N–H and O–H groups in total. The summed E-state index contributed by atoms with van der Waals surface area (Å²) in [5, 5.41) is 17.3. The molecule has 2 aromatic carbocycles. The fourth-order valence-corrected chi connectivity index (χ4v) is 5.93. The molecule has 1 aliphatic carbocycles. The Labute approximate surface area is 284 Å². The number of amides is 2. The molecule has 0 radical (unpaired) electrons. The van der Waals surface area contributed by atoms with E-state index in [0.29, 0.717) is 43.5 Å². The van der Waals surface area contributed by atoms with Crippen molar-refractivity contribution in [2.75, 3.05) is 25.6 Å². The number of rotatable bonds is 13. The van der Waals surface area contributed by atoms with Crippen molar-refractivity contribution in [1.82, 2.24) is 25.3 Å². The zero-order chi connectivity index (χ0) is 34.3. The summed E-state index contributed by atoms with van der Waals surface area (Å²) in [5.74, 6) is 1.82. The fraction of sp³-hybridized carbons (Fsp3) is 0.429. The molecule has 2 aromatic heterocycles. The number of aryl methyl sites for hydroxylation is 1. The molecule has 14 heteroatoms. The topological polar surface area (TPSA) is 160 Å².